The molecule has 3 N–H and O–H groups in total. The standard InChI is InChI=1S/C36H55N3O8/c1-25(2)35(37)36(41)39-20-32(46-22-26(3)40)34(29-10-7-27(8-11-29)23-44-18-17-43-5)33(21-39)47-24-28-9-12-31-30(19-28)38(14-16-45-31)13-6-15-42-4/h7-12,19,25-26,32-35,40H,6,13-18,20-24,37H2,1-5H3/t26-,32-,33+,34+,35+/m1/s1. The minimum atomic E-state index is -0.657. The van der Waals surface area contributed by atoms with Crippen LogP contribution in [0.2, 0.25) is 0 Å². The molecule has 0 unspecified atom stereocenters. The highest BCUT2D eigenvalue weighted by Crippen LogP contribution is 2.36. The van der Waals surface area contributed by atoms with Crippen LogP contribution in [0.5, 0.6) is 5.75 Å². The summed E-state index contributed by atoms with van der Waals surface area (Å²) in [7, 11) is 3.38. The van der Waals surface area contributed by atoms with Gasteiger partial charge in [-0.05, 0) is 48.1 Å². The first kappa shape index (κ1) is 37.1. The fourth-order valence-corrected chi connectivity index (χ4v) is 6.07. The summed E-state index contributed by atoms with van der Waals surface area (Å²) < 4.78 is 35.1. The highest BCUT2D eigenvalue weighted by atomic mass is 16.5. The lowest BCUT2D eigenvalue weighted by atomic mass is 9.83. The van der Waals surface area contributed by atoms with Crippen molar-refractivity contribution in [2.45, 2.75) is 70.7 Å². The van der Waals surface area contributed by atoms with Crippen molar-refractivity contribution in [1.29, 1.82) is 0 Å². The Balaban J connectivity index is 1.59. The number of carbonyl (C=O) groups is 1. The van der Waals surface area contributed by atoms with Crippen molar-refractivity contribution in [3.63, 3.8) is 0 Å². The second-order valence-corrected chi connectivity index (χ2v) is 12.9. The van der Waals surface area contributed by atoms with Gasteiger partial charge in [0.05, 0.1) is 69.6 Å². The lowest BCUT2D eigenvalue weighted by Gasteiger charge is -2.44. The van der Waals surface area contributed by atoms with Crippen LogP contribution in [0.4, 0.5) is 5.69 Å². The number of rotatable bonds is 18. The minimum absolute atomic E-state index is 0.0142. The second kappa shape index (κ2) is 18.7. The van der Waals surface area contributed by atoms with E-state index in [0.29, 0.717) is 52.7 Å². The molecule has 4 rings (SSSR count). The number of nitrogens with two attached hydrogens (primary N) is 1. The lowest BCUT2D eigenvalue weighted by molar-refractivity contribution is -0.149. The molecule has 2 aliphatic heterocycles. The van der Waals surface area contributed by atoms with Gasteiger partial charge in [-0.3, -0.25) is 4.79 Å². The van der Waals surface area contributed by atoms with Gasteiger partial charge in [-0.1, -0.05) is 44.2 Å². The summed E-state index contributed by atoms with van der Waals surface area (Å²) in [6.45, 7) is 11.4. The zero-order valence-electron chi connectivity index (χ0n) is 28.8. The molecule has 5 atom stereocenters. The smallest absolute Gasteiger partial charge is 0.239 e. The average molecular weight is 658 g/mol. The maximum absolute atomic E-state index is 13.6. The van der Waals surface area contributed by atoms with E-state index >= 15 is 0 Å². The summed E-state index contributed by atoms with van der Waals surface area (Å²) in [5.41, 5.74) is 10.5. The Kier molecular flexibility index (Phi) is 14.7. The molecule has 0 saturated carbocycles. The predicted molar refractivity (Wildman–Crippen MR) is 181 cm³/mol. The molecule has 0 aromatic heterocycles. The summed E-state index contributed by atoms with van der Waals surface area (Å²) in [6.07, 6.45) is -0.534. The largest absolute Gasteiger partial charge is 0.490 e. The fraction of sp³-hybridized carbons (Fsp3) is 0.639. The van der Waals surface area contributed by atoms with Gasteiger partial charge in [-0.2, -0.15) is 0 Å². The predicted octanol–water partition coefficient (Wildman–Crippen LogP) is 3.35. The quantitative estimate of drug-likeness (QED) is 0.231. The summed E-state index contributed by atoms with van der Waals surface area (Å²) in [5.74, 6) is 0.534. The van der Waals surface area contributed by atoms with Crippen LogP contribution < -0.4 is 15.4 Å². The molecule has 11 heteroatoms. The minimum Gasteiger partial charge on any atom is -0.490 e. The average Bonchev–Trinajstić information content (AvgIpc) is 3.07. The van der Waals surface area contributed by atoms with E-state index < -0.39 is 18.2 Å². The number of nitrogens with zero attached hydrogens (tertiary/aromatic N) is 2. The first-order chi connectivity index (χ1) is 22.7. The third-order valence-corrected chi connectivity index (χ3v) is 8.76. The first-order valence-corrected chi connectivity index (χ1v) is 16.8. The molecule has 0 aliphatic carbocycles. The molecule has 11 nitrogen and oxygen atoms in total. The molecular formula is C36H55N3O8. The number of hydrogen-bond acceptors (Lipinski definition) is 10. The number of anilines is 1. The van der Waals surface area contributed by atoms with Gasteiger partial charge in [0.25, 0.3) is 0 Å². The molecular weight excluding hydrogens is 602 g/mol. The Bertz CT molecular complexity index is 1230. The zero-order chi connectivity index (χ0) is 33.8. The molecule has 2 aromatic rings. The zero-order valence-corrected chi connectivity index (χ0v) is 28.8. The molecule has 2 aromatic carbocycles. The number of ether oxygens (including phenoxy) is 6. The van der Waals surface area contributed by atoms with Crippen LogP contribution in [0.1, 0.15) is 49.8 Å². The van der Waals surface area contributed by atoms with Crippen LogP contribution in [0.25, 0.3) is 0 Å². The fourth-order valence-electron chi connectivity index (χ4n) is 6.07. The Morgan fingerprint density at radius 2 is 1.66 bits per heavy atom. The summed E-state index contributed by atoms with van der Waals surface area (Å²) in [5, 5.41) is 10.1. The highest BCUT2D eigenvalue weighted by molar-refractivity contribution is 5.82. The lowest BCUT2D eigenvalue weighted by Crippen LogP contribution is -2.58. The number of piperidine rings is 1. The van der Waals surface area contributed by atoms with E-state index in [9.17, 15) is 9.90 Å². The van der Waals surface area contributed by atoms with Gasteiger partial charge in [0.2, 0.25) is 5.91 Å². The summed E-state index contributed by atoms with van der Waals surface area (Å²) in [4.78, 5) is 17.7. The topological polar surface area (TPSA) is 125 Å². The van der Waals surface area contributed by atoms with Gasteiger partial charge in [0, 0.05) is 46.4 Å². The number of aliphatic hydroxyl groups is 1. The van der Waals surface area contributed by atoms with Crippen molar-refractivity contribution < 1.29 is 38.3 Å². The van der Waals surface area contributed by atoms with Crippen LogP contribution in [0, 0.1) is 5.92 Å². The van der Waals surface area contributed by atoms with Gasteiger partial charge in [0.1, 0.15) is 12.4 Å². The van der Waals surface area contributed by atoms with Gasteiger partial charge >= 0.3 is 0 Å². The van der Waals surface area contributed by atoms with Crippen LogP contribution in [0.3, 0.4) is 0 Å². The van der Waals surface area contributed by atoms with Gasteiger partial charge < -0.3 is 49.1 Å². The Morgan fingerprint density at radius 1 is 0.957 bits per heavy atom. The number of methoxy groups -OCH3 is 2. The van der Waals surface area contributed by atoms with Crippen molar-refractivity contribution in [1.82, 2.24) is 4.90 Å². The number of aliphatic hydroxyl groups excluding tert-OH is 1. The first-order valence-electron chi connectivity index (χ1n) is 16.8. The number of amides is 1. The highest BCUT2D eigenvalue weighted by Gasteiger charge is 2.42. The molecule has 1 amide bonds. The molecule has 1 fully saturated rings. The van der Waals surface area contributed by atoms with Gasteiger partial charge in [0.15, 0.2) is 0 Å². The van der Waals surface area contributed by atoms with Crippen molar-refractivity contribution in [3.8, 4) is 5.75 Å². The molecule has 47 heavy (non-hydrogen) atoms. The molecule has 0 bridgehead atoms. The number of hydrogen-bond donors (Lipinski definition) is 2. The number of fused-ring (bicyclic) bond motifs is 1. The monoisotopic (exact) mass is 657 g/mol. The van der Waals surface area contributed by atoms with E-state index in [1.165, 1.54) is 0 Å². The van der Waals surface area contributed by atoms with Crippen LogP contribution in [-0.4, -0.2) is 114 Å². The molecule has 262 valence electrons. The van der Waals surface area contributed by atoms with Crippen molar-refractivity contribution in [2.75, 3.05) is 78.3 Å². The second-order valence-electron chi connectivity index (χ2n) is 12.9. The Hall–Kier alpha value is -2.77. The molecule has 0 radical (unpaired) electrons. The van der Waals surface area contributed by atoms with E-state index in [-0.39, 0.29) is 30.5 Å². The number of likely N-dealkylation sites (tertiary alicyclic amines) is 1. The molecule has 0 spiro atoms. The van der Waals surface area contributed by atoms with E-state index in [0.717, 1.165) is 47.6 Å². The van der Waals surface area contributed by atoms with Gasteiger partial charge in [-0.25, -0.2) is 0 Å². The third kappa shape index (κ3) is 10.6. The van der Waals surface area contributed by atoms with Crippen molar-refractivity contribution >= 4 is 11.6 Å². The SMILES string of the molecule is COCCCN1CCOc2ccc(CO[C@H]3CN(C(=O)[C@@H](N)C(C)C)C[C@@H](OC[C@@H](C)O)[C@@H]3c3ccc(COCCOC)cc3)cc21. The molecule has 2 heterocycles. The van der Waals surface area contributed by atoms with Gasteiger partial charge in [-0.15, -0.1) is 0 Å². The summed E-state index contributed by atoms with van der Waals surface area (Å²) in [6, 6.07) is 13.8. The molecule has 2 aliphatic rings. The number of benzene rings is 2. The molecule has 1 saturated heterocycles. The van der Waals surface area contributed by atoms with Crippen LogP contribution in [-0.2, 0) is 41.7 Å². The van der Waals surface area contributed by atoms with Crippen LogP contribution in [0.15, 0.2) is 42.5 Å². The van der Waals surface area contributed by atoms with E-state index in [1.807, 2.05) is 26.0 Å². The van der Waals surface area contributed by atoms with E-state index in [1.54, 1.807) is 26.0 Å². The van der Waals surface area contributed by atoms with E-state index in [2.05, 4.69) is 35.2 Å². The Labute approximate surface area is 280 Å². The summed E-state index contributed by atoms with van der Waals surface area (Å²) >= 11 is 0. The maximum atomic E-state index is 13.6. The van der Waals surface area contributed by atoms with Crippen LogP contribution >= 0.6 is 0 Å². The number of carbonyl (C=O) groups excluding carboxylic acids is 1. The van der Waals surface area contributed by atoms with E-state index in [4.69, 9.17) is 34.2 Å². The maximum Gasteiger partial charge on any atom is 0.239 e. The Morgan fingerprint density at radius 3 is 2.34 bits per heavy atom. The third-order valence-electron chi connectivity index (χ3n) is 8.76. The normalized spacial score (nSPS) is 21.0. The van der Waals surface area contributed by atoms with Crippen molar-refractivity contribution in [3.05, 3.63) is 59.2 Å². The van der Waals surface area contributed by atoms with Crippen molar-refractivity contribution in [2.24, 2.45) is 11.7 Å².